The van der Waals surface area contributed by atoms with E-state index in [9.17, 15) is 19.6 Å². The van der Waals surface area contributed by atoms with E-state index in [1.165, 1.54) is 4.90 Å². The normalized spacial score (nSPS) is 21.8. The molecule has 4 amide bonds. The second kappa shape index (κ2) is 8.25. The van der Waals surface area contributed by atoms with Gasteiger partial charge in [-0.25, -0.2) is 9.69 Å². The highest BCUT2D eigenvalue weighted by molar-refractivity contribution is 6.25. The van der Waals surface area contributed by atoms with E-state index in [-0.39, 0.29) is 29.9 Å². The van der Waals surface area contributed by atoms with E-state index in [0.29, 0.717) is 40.7 Å². The third-order valence-electron chi connectivity index (χ3n) is 7.87. The average molecular weight is 500 g/mol. The van der Waals surface area contributed by atoms with Crippen LogP contribution in [0.3, 0.4) is 0 Å². The molecule has 7 rings (SSSR count). The van der Waals surface area contributed by atoms with Gasteiger partial charge in [-0.1, -0.05) is 42.5 Å². The summed E-state index contributed by atoms with van der Waals surface area (Å²) in [7, 11) is 0. The summed E-state index contributed by atoms with van der Waals surface area (Å²) in [6.45, 7) is 0.392. The molecule has 0 saturated carbocycles. The average Bonchev–Trinajstić information content (AvgIpc) is 3.64. The molecule has 1 unspecified atom stereocenters. The molecule has 0 N–H and O–H groups in total. The Hall–Kier alpha value is -5.03. The zero-order valence-corrected chi connectivity index (χ0v) is 20.2. The lowest BCUT2D eigenvalue weighted by molar-refractivity contribution is -0.121. The Bertz CT molecular complexity index is 1680. The van der Waals surface area contributed by atoms with Crippen LogP contribution in [0.5, 0.6) is 0 Å². The van der Waals surface area contributed by atoms with Crippen molar-refractivity contribution < 1.29 is 14.4 Å². The van der Waals surface area contributed by atoms with Gasteiger partial charge in [0.1, 0.15) is 12.1 Å². The molecule has 38 heavy (non-hydrogen) atoms. The Labute approximate surface area is 218 Å². The SMILES string of the molecule is N#Cc1ccc(N2C(=O)[C@H]3C4C[C@H](CN4C(=O)c4ccc(-c5ccccc5)cc4)N3C2=O)c2cccnc12. The minimum Gasteiger partial charge on any atom is -0.331 e. The van der Waals surface area contributed by atoms with Crippen molar-refractivity contribution in [2.45, 2.75) is 24.5 Å². The topological polar surface area (TPSA) is 97.6 Å². The van der Waals surface area contributed by atoms with Gasteiger partial charge in [-0.3, -0.25) is 14.6 Å². The van der Waals surface area contributed by atoms with E-state index >= 15 is 0 Å². The second-order valence-corrected chi connectivity index (χ2v) is 9.81. The molecule has 3 saturated heterocycles. The van der Waals surface area contributed by atoms with E-state index in [2.05, 4.69) is 11.1 Å². The minimum absolute atomic E-state index is 0.136. The number of carbonyl (C=O) groups excluding carboxylic acids is 3. The molecule has 3 aromatic carbocycles. The van der Waals surface area contributed by atoms with Crippen molar-refractivity contribution in [3.63, 3.8) is 0 Å². The first kappa shape index (κ1) is 22.2. The standard InChI is InChI=1S/C30H21N5O3/c31-16-21-12-13-24(23-7-4-14-32-26(21)23)35-29(37)27-25-15-22(34(27)30(35)38)17-33(25)28(36)20-10-8-19(9-11-20)18-5-2-1-3-6-18/h1-14,22,25,27H,15,17H2/t22-,25?,27-/m1/s1. The first-order valence-corrected chi connectivity index (χ1v) is 12.5. The number of rotatable bonds is 3. The molecule has 1 aromatic heterocycles. The second-order valence-electron chi connectivity index (χ2n) is 9.81. The van der Waals surface area contributed by atoms with Gasteiger partial charge in [-0.2, -0.15) is 5.26 Å². The van der Waals surface area contributed by atoms with Crippen LogP contribution in [0, 0.1) is 11.3 Å². The molecule has 8 heteroatoms. The summed E-state index contributed by atoms with van der Waals surface area (Å²) in [5, 5.41) is 10.0. The number of amides is 4. The Morgan fingerprint density at radius 3 is 2.45 bits per heavy atom. The molecule has 3 aliphatic rings. The van der Waals surface area contributed by atoms with Crippen LogP contribution < -0.4 is 4.90 Å². The first-order chi connectivity index (χ1) is 18.6. The summed E-state index contributed by atoms with van der Waals surface area (Å²) in [5.74, 6) is -0.488. The molecule has 184 valence electrons. The monoisotopic (exact) mass is 499 g/mol. The molecule has 0 aliphatic carbocycles. The minimum atomic E-state index is -0.726. The summed E-state index contributed by atoms with van der Waals surface area (Å²) >= 11 is 0. The molecule has 0 spiro atoms. The van der Waals surface area contributed by atoms with Crippen LogP contribution in [0.4, 0.5) is 10.5 Å². The molecular weight excluding hydrogens is 478 g/mol. The van der Waals surface area contributed by atoms with Crippen LogP contribution in [-0.4, -0.2) is 57.3 Å². The van der Waals surface area contributed by atoms with Crippen LogP contribution in [0.2, 0.25) is 0 Å². The van der Waals surface area contributed by atoms with Gasteiger partial charge in [0.05, 0.1) is 28.9 Å². The fourth-order valence-corrected chi connectivity index (χ4v) is 6.16. The summed E-state index contributed by atoms with van der Waals surface area (Å²) in [4.78, 5) is 49.7. The Morgan fingerprint density at radius 1 is 0.921 bits per heavy atom. The quantitative estimate of drug-likeness (QED) is 0.394. The maximum Gasteiger partial charge on any atom is 0.332 e. The van der Waals surface area contributed by atoms with Gasteiger partial charge < -0.3 is 9.80 Å². The lowest BCUT2D eigenvalue weighted by atomic mass is 10.0. The Balaban J connectivity index is 1.18. The number of hydrogen-bond acceptors (Lipinski definition) is 5. The summed E-state index contributed by atoms with van der Waals surface area (Å²) < 4.78 is 0. The number of piperazine rings is 1. The largest absolute Gasteiger partial charge is 0.332 e. The highest BCUT2D eigenvalue weighted by Gasteiger charge is 2.63. The van der Waals surface area contributed by atoms with E-state index in [1.807, 2.05) is 54.6 Å². The molecule has 8 nitrogen and oxygen atoms in total. The highest BCUT2D eigenvalue weighted by atomic mass is 16.2. The molecule has 0 radical (unpaired) electrons. The number of benzene rings is 3. The fourth-order valence-electron chi connectivity index (χ4n) is 6.16. The van der Waals surface area contributed by atoms with E-state index in [1.54, 1.807) is 40.3 Å². The number of pyridine rings is 1. The van der Waals surface area contributed by atoms with Crippen molar-refractivity contribution in [3.8, 4) is 17.2 Å². The molecule has 2 bridgehead atoms. The number of likely N-dealkylation sites (tertiary alicyclic amines) is 1. The van der Waals surface area contributed by atoms with Gasteiger partial charge in [0.2, 0.25) is 0 Å². The molecule has 3 aliphatic heterocycles. The van der Waals surface area contributed by atoms with Crippen LogP contribution in [-0.2, 0) is 4.79 Å². The maximum absolute atomic E-state index is 13.7. The van der Waals surface area contributed by atoms with Crippen molar-refractivity contribution in [1.82, 2.24) is 14.8 Å². The highest BCUT2D eigenvalue weighted by Crippen LogP contribution is 2.44. The van der Waals surface area contributed by atoms with Gasteiger partial charge in [-0.15, -0.1) is 0 Å². The number of hydrogen-bond donors (Lipinski definition) is 0. The molecule has 3 atom stereocenters. The number of fused-ring (bicyclic) bond motifs is 6. The smallest absolute Gasteiger partial charge is 0.331 e. The van der Waals surface area contributed by atoms with E-state index in [4.69, 9.17) is 0 Å². The molecule has 3 fully saturated rings. The predicted octanol–water partition coefficient (Wildman–Crippen LogP) is 4.21. The van der Waals surface area contributed by atoms with Gasteiger partial charge >= 0.3 is 6.03 Å². The van der Waals surface area contributed by atoms with Gasteiger partial charge in [0, 0.05) is 23.7 Å². The van der Waals surface area contributed by atoms with Crippen LogP contribution in [0.15, 0.2) is 85.1 Å². The lowest BCUT2D eigenvalue weighted by Gasteiger charge is -2.35. The zero-order valence-electron chi connectivity index (χ0n) is 20.2. The van der Waals surface area contributed by atoms with Gasteiger partial charge in [0.25, 0.3) is 11.8 Å². The summed E-state index contributed by atoms with van der Waals surface area (Å²) in [5.41, 5.74) is 3.88. The van der Waals surface area contributed by atoms with Crippen LogP contribution >= 0.6 is 0 Å². The summed E-state index contributed by atoms with van der Waals surface area (Å²) in [6.07, 6.45) is 2.16. The number of imide groups is 1. The summed E-state index contributed by atoms with van der Waals surface area (Å²) in [6, 6.07) is 24.5. The third-order valence-corrected chi connectivity index (χ3v) is 7.87. The molecule has 4 aromatic rings. The molecular formula is C30H21N5O3. The third kappa shape index (κ3) is 3.08. The van der Waals surface area contributed by atoms with Crippen molar-refractivity contribution in [2.24, 2.45) is 0 Å². The number of urea groups is 1. The maximum atomic E-state index is 13.7. The fraction of sp³-hybridized carbons (Fsp3) is 0.167. The van der Waals surface area contributed by atoms with E-state index < -0.39 is 6.04 Å². The number of aromatic nitrogens is 1. The van der Waals surface area contributed by atoms with Crippen LogP contribution in [0.1, 0.15) is 22.3 Å². The Morgan fingerprint density at radius 2 is 1.68 bits per heavy atom. The molecule has 4 heterocycles. The number of carbonyl (C=O) groups is 3. The number of nitrogens with zero attached hydrogens (tertiary/aromatic N) is 5. The van der Waals surface area contributed by atoms with Gasteiger partial charge in [-0.05, 0) is 53.9 Å². The van der Waals surface area contributed by atoms with E-state index in [0.717, 1.165) is 11.1 Å². The predicted molar refractivity (Wildman–Crippen MR) is 140 cm³/mol. The lowest BCUT2D eigenvalue weighted by Crippen LogP contribution is -2.54. The van der Waals surface area contributed by atoms with Gasteiger partial charge in [0.15, 0.2) is 0 Å². The van der Waals surface area contributed by atoms with Crippen molar-refractivity contribution >= 4 is 34.4 Å². The zero-order chi connectivity index (χ0) is 26.0. The first-order valence-electron chi connectivity index (χ1n) is 12.5. The number of nitriles is 1. The van der Waals surface area contributed by atoms with Crippen molar-refractivity contribution in [1.29, 1.82) is 5.26 Å². The number of anilines is 1. The van der Waals surface area contributed by atoms with Crippen molar-refractivity contribution in [3.05, 3.63) is 96.2 Å². The van der Waals surface area contributed by atoms with Crippen LogP contribution in [0.25, 0.3) is 22.0 Å². The Kier molecular flexibility index (Phi) is 4.82. The van der Waals surface area contributed by atoms with Crippen molar-refractivity contribution in [2.75, 3.05) is 11.4 Å².